The van der Waals surface area contributed by atoms with Crippen LogP contribution in [0, 0.1) is 6.92 Å². The number of carbonyl (C=O) groups is 2. The van der Waals surface area contributed by atoms with Gasteiger partial charge in [0.2, 0.25) is 0 Å². The number of aromatic nitrogens is 2. The zero-order valence-electron chi connectivity index (χ0n) is 17.0. The summed E-state index contributed by atoms with van der Waals surface area (Å²) in [5, 5.41) is 13.3. The number of ether oxygens (including phenoxy) is 1. The molecule has 0 amide bonds. The van der Waals surface area contributed by atoms with E-state index in [1.165, 1.54) is 23.7 Å². The molecule has 0 fully saturated rings. The molecule has 7 nitrogen and oxygen atoms in total. The number of nitrogens with zero attached hydrogens (tertiary/aromatic N) is 2. The van der Waals surface area contributed by atoms with Gasteiger partial charge in [-0.3, -0.25) is 0 Å². The number of carboxylic acids is 1. The third-order valence-electron chi connectivity index (χ3n) is 4.84. The summed E-state index contributed by atoms with van der Waals surface area (Å²) in [6.45, 7) is 2.08. The molecule has 0 unspecified atom stereocenters. The van der Waals surface area contributed by atoms with Gasteiger partial charge in [0.05, 0.1) is 23.2 Å². The van der Waals surface area contributed by atoms with Crippen LogP contribution in [0.3, 0.4) is 0 Å². The smallest absolute Gasteiger partial charge is 0.348 e. The van der Waals surface area contributed by atoms with E-state index in [0.29, 0.717) is 43.1 Å². The molecular weight excluding hydrogens is 494 g/mol. The van der Waals surface area contributed by atoms with Gasteiger partial charge in [-0.15, -0.1) is 11.3 Å². The molecule has 0 atom stereocenters. The van der Waals surface area contributed by atoms with Crippen molar-refractivity contribution >= 4 is 60.9 Å². The SMILES string of the molecule is Cc1c(C(=O)OCCc2ccccc2)sc2ncnc(Nc3ccc(Br)cc3C(=O)O)c12. The van der Waals surface area contributed by atoms with E-state index in [4.69, 9.17) is 4.74 Å². The average Bonchev–Trinajstić information content (AvgIpc) is 3.13. The lowest BCUT2D eigenvalue weighted by molar-refractivity contribution is 0.0514. The molecule has 162 valence electrons. The zero-order chi connectivity index (χ0) is 22.7. The fourth-order valence-electron chi connectivity index (χ4n) is 3.26. The molecule has 0 saturated heterocycles. The van der Waals surface area contributed by atoms with Crippen LogP contribution in [0.4, 0.5) is 11.5 Å². The first-order valence-electron chi connectivity index (χ1n) is 9.69. The van der Waals surface area contributed by atoms with E-state index >= 15 is 0 Å². The van der Waals surface area contributed by atoms with Gasteiger partial charge in [-0.1, -0.05) is 46.3 Å². The number of benzene rings is 2. The lowest BCUT2D eigenvalue weighted by atomic mass is 10.1. The lowest BCUT2D eigenvalue weighted by Crippen LogP contribution is -2.08. The van der Waals surface area contributed by atoms with Crippen molar-refractivity contribution < 1.29 is 19.4 Å². The Bertz CT molecular complexity index is 1310. The van der Waals surface area contributed by atoms with Gasteiger partial charge in [0.25, 0.3) is 0 Å². The van der Waals surface area contributed by atoms with Crippen molar-refractivity contribution in [3.8, 4) is 0 Å². The molecular formula is C23H18BrN3O4S. The molecule has 32 heavy (non-hydrogen) atoms. The van der Waals surface area contributed by atoms with E-state index in [-0.39, 0.29) is 12.2 Å². The summed E-state index contributed by atoms with van der Waals surface area (Å²) in [7, 11) is 0. The molecule has 0 aliphatic rings. The Morgan fingerprint density at radius 1 is 1.16 bits per heavy atom. The van der Waals surface area contributed by atoms with E-state index in [1.54, 1.807) is 19.1 Å². The maximum Gasteiger partial charge on any atom is 0.348 e. The molecule has 4 aromatic rings. The molecule has 0 radical (unpaired) electrons. The van der Waals surface area contributed by atoms with Crippen molar-refractivity contribution in [1.82, 2.24) is 9.97 Å². The predicted molar refractivity (Wildman–Crippen MR) is 127 cm³/mol. The first-order valence-corrected chi connectivity index (χ1v) is 11.3. The van der Waals surface area contributed by atoms with Crippen molar-refractivity contribution in [3.63, 3.8) is 0 Å². The van der Waals surface area contributed by atoms with E-state index < -0.39 is 11.9 Å². The Labute approximate surface area is 196 Å². The number of esters is 1. The summed E-state index contributed by atoms with van der Waals surface area (Å²) in [6, 6.07) is 14.7. The number of aromatic carboxylic acids is 1. The van der Waals surface area contributed by atoms with Crippen LogP contribution in [0.5, 0.6) is 0 Å². The van der Waals surface area contributed by atoms with E-state index in [9.17, 15) is 14.7 Å². The Morgan fingerprint density at radius 2 is 1.94 bits per heavy atom. The number of hydrogen-bond acceptors (Lipinski definition) is 7. The van der Waals surface area contributed by atoms with E-state index in [1.807, 2.05) is 30.3 Å². The van der Waals surface area contributed by atoms with E-state index in [0.717, 1.165) is 5.56 Å². The van der Waals surface area contributed by atoms with Gasteiger partial charge in [0, 0.05) is 10.9 Å². The first kappa shape index (κ1) is 21.9. The topological polar surface area (TPSA) is 101 Å². The Kier molecular flexibility index (Phi) is 6.48. The van der Waals surface area contributed by atoms with Gasteiger partial charge in [0.1, 0.15) is 21.9 Å². The molecule has 0 saturated carbocycles. The Balaban J connectivity index is 1.59. The number of halogens is 1. The van der Waals surface area contributed by atoms with Crippen molar-refractivity contribution in [2.24, 2.45) is 0 Å². The van der Waals surface area contributed by atoms with Crippen LogP contribution >= 0.6 is 27.3 Å². The van der Waals surface area contributed by atoms with Crippen LogP contribution in [-0.4, -0.2) is 33.6 Å². The summed E-state index contributed by atoms with van der Waals surface area (Å²) in [4.78, 5) is 34.0. The van der Waals surface area contributed by atoms with Crippen LogP contribution in [0.25, 0.3) is 10.2 Å². The molecule has 0 aliphatic carbocycles. The standard InChI is InChI=1S/C23H18BrN3O4S/c1-13-18-20(27-17-8-7-15(24)11-16(17)22(28)29)25-12-26-21(18)32-19(13)23(30)31-10-9-14-5-3-2-4-6-14/h2-8,11-12H,9-10H2,1H3,(H,28,29)(H,25,26,27). The number of hydrogen-bond donors (Lipinski definition) is 2. The summed E-state index contributed by atoms with van der Waals surface area (Å²) in [5.74, 6) is -1.05. The summed E-state index contributed by atoms with van der Waals surface area (Å²) >= 11 is 4.52. The largest absolute Gasteiger partial charge is 0.478 e. The highest BCUT2D eigenvalue weighted by Gasteiger charge is 2.21. The molecule has 0 aliphatic heterocycles. The highest BCUT2D eigenvalue weighted by atomic mass is 79.9. The number of nitrogens with one attached hydrogen (secondary N) is 1. The predicted octanol–water partition coefficient (Wildman–Crippen LogP) is 5.60. The number of carbonyl (C=O) groups excluding carboxylic acids is 1. The fourth-order valence-corrected chi connectivity index (χ4v) is 4.67. The molecule has 2 aromatic heterocycles. The van der Waals surface area contributed by atoms with Gasteiger partial charge in [-0.2, -0.15) is 0 Å². The summed E-state index contributed by atoms with van der Waals surface area (Å²) in [6.07, 6.45) is 2.01. The highest BCUT2D eigenvalue weighted by Crippen LogP contribution is 2.35. The number of thiophene rings is 1. The van der Waals surface area contributed by atoms with Gasteiger partial charge in [0.15, 0.2) is 0 Å². The maximum atomic E-state index is 12.7. The molecule has 2 N–H and O–H groups in total. The number of fused-ring (bicyclic) bond motifs is 1. The summed E-state index contributed by atoms with van der Waals surface area (Å²) < 4.78 is 6.14. The molecule has 0 bridgehead atoms. The average molecular weight is 512 g/mol. The molecule has 9 heteroatoms. The van der Waals surface area contributed by atoms with Gasteiger partial charge in [-0.25, -0.2) is 19.6 Å². The van der Waals surface area contributed by atoms with E-state index in [2.05, 4.69) is 31.2 Å². The quantitative estimate of drug-likeness (QED) is 0.311. The number of carboxylic acid groups (broad SMARTS) is 1. The Hall–Kier alpha value is -3.30. The van der Waals surface area contributed by atoms with Gasteiger partial charge < -0.3 is 15.2 Å². The van der Waals surface area contributed by atoms with Gasteiger partial charge >= 0.3 is 11.9 Å². The van der Waals surface area contributed by atoms with Gasteiger partial charge in [-0.05, 0) is 36.2 Å². The minimum Gasteiger partial charge on any atom is -0.478 e. The van der Waals surface area contributed by atoms with Crippen LogP contribution in [0.15, 0.2) is 59.3 Å². The second-order valence-electron chi connectivity index (χ2n) is 6.95. The Morgan fingerprint density at radius 3 is 2.69 bits per heavy atom. The highest BCUT2D eigenvalue weighted by molar-refractivity contribution is 9.10. The minimum absolute atomic E-state index is 0.0968. The molecule has 2 aromatic carbocycles. The number of aryl methyl sites for hydroxylation is 1. The van der Waals surface area contributed by atoms with Crippen LogP contribution in [0.1, 0.15) is 31.2 Å². The number of rotatable bonds is 7. The van der Waals surface area contributed by atoms with Crippen molar-refractivity contribution in [3.05, 3.63) is 80.9 Å². The van der Waals surface area contributed by atoms with Crippen LogP contribution in [0.2, 0.25) is 0 Å². The molecule has 0 spiro atoms. The minimum atomic E-state index is -1.07. The van der Waals surface area contributed by atoms with Crippen molar-refractivity contribution in [1.29, 1.82) is 0 Å². The van der Waals surface area contributed by atoms with Crippen molar-refractivity contribution in [2.45, 2.75) is 13.3 Å². The monoisotopic (exact) mass is 511 g/mol. The molecule has 4 rings (SSSR count). The van der Waals surface area contributed by atoms with Crippen LogP contribution < -0.4 is 5.32 Å². The lowest BCUT2D eigenvalue weighted by Gasteiger charge is -2.10. The van der Waals surface area contributed by atoms with Crippen LogP contribution in [-0.2, 0) is 11.2 Å². The summed E-state index contributed by atoms with van der Waals surface area (Å²) in [5.41, 5.74) is 2.26. The van der Waals surface area contributed by atoms with Crippen molar-refractivity contribution in [2.75, 3.05) is 11.9 Å². The second kappa shape index (κ2) is 9.46. The third-order valence-corrected chi connectivity index (χ3v) is 6.52. The third kappa shape index (κ3) is 4.63. The second-order valence-corrected chi connectivity index (χ2v) is 8.86. The first-order chi connectivity index (χ1) is 15.4. The normalized spacial score (nSPS) is 10.8. The molecule has 2 heterocycles. The number of anilines is 2. The fraction of sp³-hybridized carbons (Fsp3) is 0.130. The maximum absolute atomic E-state index is 12.7. The zero-order valence-corrected chi connectivity index (χ0v) is 19.4.